The molecule has 160 valence electrons. The zero-order chi connectivity index (χ0) is 22.1. The summed E-state index contributed by atoms with van der Waals surface area (Å²) in [4.78, 5) is 50.4. The van der Waals surface area contributed by atoms with Crippen LogP contribution in [0.25, 0.3) is 10.9 Å². The molecule has 1 aliphatic rings. The van der Waals surface area contributed by atoms with Crippen molar-refractivity contribution >= 4 is 44.4 Å². The van der Waals surface area contributed by atoms with Crippen LogP contribution >= 0.6 is 15.9 Å². The monoisotopic (exact) mass is 483 g/mol. The van der Waals surface area contributed by atoms with Crippen molar-refractivity contribution in [1.82, 2.24) is 25.2 Å². The number of pyridine rings is 2. The van der Waals surface area contributed by atoms with E-state index in [-0.39, 0.29) is 29.6 Å². The molecule has 31 heavy (non-hydrogen) atoms. The second kappa shape index (κ2) is 8.58. The Labute approximate surface area is 187 Å². The Balaban J connectivity index is 1.48. The van der Waals surface area contributed by atoms with E-state index in [9.17, 15) is 14.4 Å². The molecule has 1 saturated heterocycles. The van der Waals surface area contributed by atoms with Gasteiger partial charge in [0.2, 0.25) is 0 Å². The molecule has 2 unspecified atom stereocenters. The van der Waals surface area contributed by atoms with Gasteiger partial charge >= 0.3 is 0 Å². The number of piperidine rings is 1. The number of likely N-dealkylation sites (tertiary alicyclic amines) is 1. The van der Waals surface area contributed by atoms with Crippen LogP contribution in [-0.2, 0) is 0 Å². The van der Waals surface area contributed by atoms with Crippen molar-refractivity contribution in [1.29, 1.82) is 0 Å². The molecule has 4 heterocycles. The van der Waals surface area contributed by atoms with Crippen molar-refractivity contribution in [3.8, 4) is 0 Å². The summed E-state index contributed by atoms with van der Waals surface area (Å²) in [6, 6.07) is 4.85. The summed E-state index contributed by atoms with van der Waals surface area (Å²) in [7, 11) is 0. The summed E-state index contributed by atoms with van der Waals surface area (Å²) in [6.45, 7) is 4.50. The summed E-state index contributed by atoms with van der Waals surface area (Å²) in [5, 5.41) is 3.88. The van der Waals surface area contributed by atoms with Crippen LogP contribution in [0, 0.1) is 5.92 Å². The minimum absolute atomic E-state index is 0.0991. The summed E-state index contributed by atoms with van der Waals surface area (Å²) in [5.41, 5.74) is 1.83. The number of halogens is 1. The highest BCUT2D eigenvalue weighted by atomic mass is 79.9. The molecule has 0 bridgehead atoms. The number of carbonyl (C=O) groups is 3. The van der Waals surface area contributed by atoms with E-state index in [2.05, 4.69) is 43.1 Å². The number of hydrogen-bond acceptors (Lipinski definition) is 5. The van der Waals surface area contributed by atoms with Crippen molar-refractivity contribution < 1.29 is 14.4 Å². The number of aromatic nitrogens is 3. The zero-order valence-corrected chi connectivity index (χ0v) is 18.8. The van der Waals surface area contributed by atoms with E-state index in [0.29, 0.717) is 35.6 Å². The molecule has 2 atom stereocenters. The molecule has 0 saturated carbocycles. The molecule has 0 spiro atoms. The summed E-state index contributed by atoms with van der Waals surface area (Å²) in [6.07, 6.45) is 5.64. The number of rotatable bonds is 4. The van der Waals surface area contributed by atoms with E-state index in [1.165, 1.54) is 6.92 Å². The van der Waals surface area contributed by atoms with E-state index in [4.69, 9.17) is 0 Å². The maximum Gasteiger partial charge on any atom is 0.270 e. The number of Topliss-reactive ketones (excluding diaryl/α,β-unsaturated/α-hetero) is 1. The van der Waals surface area contributed by atoms with Crippen molar-refractivity contribution in [2.24, 2.45) is 5.92 Å². The Bertz CT molecular complexity index is 1170. The average Bonchev–Trinajstić information content (AvgIpc) is 3.25. The van der Waals surface area contributed by atoms with E-state index in [1.54, 1.807) is 35.6 Å². The third-order valence-corrected chi connectivity index (χ3v) is 6.25. The van der Waals surface area contributed by atoms with Gasteiger partial charge in [0, 0.05) is 48.7 Å². The van der Waals surface area contributed by atoms with Gasteiger partial charge in [0.05, 0.1) is 9.99 Å². The predicted octanol–water partition coefficient (Wildman–Crippen LogP) is 3.20. The van der Waals surface area contributed by atoms with Gasteiger partial charge in [0.25, 0.3) is 11.8 Å². The van der Waals surface area contributed by atoms with Crippen LogP contribution in [0.1, 0.15) is 51.6 Å². The number of ketones is 1. The smallest absolute Gasteiger partial charge is 0.270 e. The largest absolute Gasteiger partial charge is 0.356 e. The first-order valence-electron chi connectivity index (χ1n) is 10.0. The van der Waals surface area contributed by atoms with E-state index in [0.717, 1.165) is 16.3 Å². The fourth-order valence-corrected chi connectivity index (χ4v) is 4.15. The van der Waals surface area contributed by atoms with Gasteiger partial charge in [-0.3, -0.25) is 19.4 Å². The molecule has 1 fully saturated rings. The minimum atomic E-state index is -0.282. The average molecular weight is 484 g/mol. The van der Waals surface area contributed by atoms with Crippen LogP contribution in [0.2, 0.25) is 0 Å². The molecular formula is C22H22BrN5O3. The number of nitrogens with zero attached hydrogens (tertiary/aromatic N) is 3. The van der Waals surface area contributed by atoms with Gasteiger partial charge in [-0.25, -0.2) is 4.98 Å². The normalized spacial score (nSPS) is 18.7. The molecule has 3 aromatic heterocycles. The van der Waals surface area contributed by atoms with E-state index >= 15 is 0 Å². The predicted molar refractivity (Wildman–Crippen MR) is 119 cm³/mol. The second-order valence-electron chi connectivity index (χ2n) is 7.84. The summed E-state index contributed by atoms with van der Waals surface area (Å²) >= 11 is 3.42. The molecule has 9 heteroatoms. The molecule has 2 N–H and O–H groups in total. The highest BCUT2D eigenvalue weighted by molar-refractivity contribution is 9.10. The highest BCUT2D eigenvalue weighted by Crippen LogP contribution is 2.22. The molecule has 3 aromatic rings. The van der Waals surface area contributed by atoms with Crippen LogP contribution in [0.4, 0.5) is 0 Å². The summed E-state index contributed by atoms with van der Waals surface area (Å²) in [5.74, 6) is -0.353. The Morgan fingerprint density at radius 3 is 2.81 bits per heavy atom. The van der Waals surface area contributed by atoms with Crippen molar-refractivity contribution in [3.63, 3.8) is 0 Å². The Morgan fingerprint density at radius 2 is 2.06 bits per heavy atom. The Morgan fingerprint density at radius 1 is 1.26 bits per heavy atom. The van der Waals surface area contributed by atoms with Crippen molar-refractivity contribution in [2.75, 3.05) is 13.1 Å². The third-order valence-electron chi connectivity index (χ3n) is 5.67. The number of nitrogens with one attached hydrogen (secondary N) is 2. The van der Waals surface area contributed by atoms with Crippen LogP contribution in [0.5, 0.6) is 0 Å². The molecular weight excluding hydrogens is 462 g/mol. The highest BCUT2D eigenvalue weighted by Gasteiger charge is 2.31. The maximum atomic E-state index is 12.9. The zero-order valence-electron chi connectivity index (χ0n) is 17.2. The fraction of sp³-hybridized carbons (Fsp3) is 0.318. The number of amides is 2. The lowest BCUT2D eigenvalue weighted by atomic mass is 9.93. The minimum Gasteiger partial charge on any atom is -0.356 e. The lowest BCUT2D eigenvalue weighted by Crippen LogP contribution is -2.53. The fourth-order valence-electron chi connectivity index (χ4n) is 3.71. The van der Waals surface area contributed by atoms with Gasteiger partial charge in [-0.2, -0.15) is 0 Å². The van der Waals surface area contributed by atoms with Gasteiger partial charge in [-0.15, -0.1) is 0 Å². The van der Waals surface area contributed by atoms with Gasteiger partial charge in [0.15, 0.2) is 5.78 Å². The van der Waals surface area contributed by atoms with Gasteiger partial charge in [0.1, 0.15) is 11.4 Å². The first kappa shape index (κ1) is 21.2. The molecule has 0 radical (unpaired) electrons. The van der Waals surface area contributed by atoms with Crippen LogP contribution in [-0.4, -0.2) is 56.6 Å². The van der Waals surface area contributed by atoms with Gasteiger partial charge in [-0.05, 0) is 53.4 Å². The Hall–Kier alpha value is -3.07. The maximum absolute atomic E-state index is 12.9. The molecule has 0 aromatic carbocycles. The van der Waals surface area contributed by atoms with E-state index in [1.807, 2.05) is 6.07 Å². The second-order valence-corrected chi connectivity index (χ2v) is 8.70. The number of carbonyl (C=O) groups excluding carboxylic acids is 3. The Kier molecular flexibility index (Phi) is 5.86. The van der Waals surface area contributed by atoms with E-state index < -0.39 is 0 Å². The van der Waals surface area contributed by atoms with Gasteiger partial charge in [-0.1, -0.05) is 6.92 Å². The molecule has 4 rings (SSSR count). The van der Waals surface area contributed by atoms with Crippen LogP contribution < -0.4 is 5.32 Å². The topological polar surface area (TPSA) is 108 Å². The van der Waals surface area contributed by atoms with Crippen molar-refractivity contribution in [2.45, 2.75) is 26.3 Å². The molecule has 0 aliphatic carbocycles. The van der Waals surface area contributed by atoms with Crippen molar-refractivity contribution in [3.05, 3.63) is 58.2 Å². The quantitative estimate of drug-likeness (QED) is 0.553. The standard InChI is InChI=1S/C22H22BrN5O3/c1-12-5-6-28(22(31)18-7-15(9-25-18)13(2)29)11-19(12)27-21(30)17-4-3-14-8-24-10-16(23)20(14)26-17/h3-4,7-10,12,19,25H,5-6,11H2,1-2H3,(H,27,30). The van der Waals surface area contributed by atoms with Crippen LogP contribution in [0.3, 0.4) is 0 Å². The molecule has 8 nitrogen and oxygen atoms in total. The lowest BCUT2D eigenvalue weighted by Gasteiger charge is -2.37. The third kappa shape index (κ3) is 4.36. The number of H-pyrrole nitrogens is 1. The number of aromatic amines is 1. The lowest BCUT2D eigenvalue weighted by molar-refractivity contribution is 0.0619. The first-order chi connectivity index (χ1) is 14.8. The SMILES string of the molecule is CC(=O)c1c[nH]c(C(=O)N2CCC(C)C(NC(=O)c3ccc4cncc(Br)c4n3)C2)c1. The number of hydrogen-bond donors (Lipinski definition) is 2. The first-order valence-corrected chi connectivity index (χ1v) is 10.8. The molecule has 1 aliphatic heterocycles. The summed E-state index contributed by atoms with van der Waals surface area (Å²) < 4.78 is 0.721. The van der Waals surface area contributed by atoms with Crippen LogP contribution in [0.15, 0.2) is 41.3 Å². The van der Waals surface area contributed by atoms with Gasteiger partial charge < -0.3 is 15.2 Å². The molecule has 2 amide bonds. The number of fused-ring (bicyclic) bond motifs is 1.